The summed E-state index contributed by atoms with van der Waals surface area (Å²) in [5, 5.41) is 2.64. The fourth-order valence-electron chi connectivity index (χ4n) is 2.55. The van der Waals surface area contributed by atoms with Crippen molar-refractivity contribution < 1.29 is 14.3 Å². The van der Waals surface area contributed by atoms with E-state index >= 15 is 0 Å². The van der Waals surface area contributed by atoms with Crippen molar-refractivity contribution in [3.8, 4) is 5.75 Å². The second kappa shape index (κ2) is 7.49. The molecule has 26 heavy (non-hydrogen) atoms. The van der Waals surface area contributed by atoms with Crippen molar-refractivity contribution in [3.63, 3.8) is 0 Å². The molecule has 1 heterocycles. The summed E-state index contributed by atoms with van der Waals surface area (Å²) in [7, 11) is 0. The second-order valence-corrected chi connectivity index (χ2v) is 6.42. The molecule has 5 nitrogen and oxygen atoms in total. The number of para-hydroxylation sites is 1. The fourth-order valence-corrected chi connectivity index (χ4v) is 2.83. The van der Waals surface area contributed by atoms with Gasteiger partial charge in [0, 0.05) is 0 Å². The van der Waals surface area contributed by atoms with Gasteiger partial charge in [-0.1, -0.05) is 30.3 Å². The van der Waals surface area contributed by atoms with Gasteiger partial charge in [0.05, 0.1) is 11.8 Å². The summed E-state index contributed by atoms with van der Waals surface area (Å²) in [4.78, 5) is 26.4. The molecule has 0 aliphatic carbocycles. The smallest absolute Gasteiger partial charge is 0.270 e. The minimum atomic E-state index is -0.505. The molecular weight excluding hydrogens is 348 g/mol. The number of ether oxygens (including phenoxy) is 1. The molecular formula is C20H18N2O3S. The van der Waals surface area contributed by atoms with E-state index in [1.54, 1.807) is 54.6 Å². The number of carbonyl (C=O) groups is 2. The van der Waals surface area contributed by atoms with E-state index in [0.29, 0.717) is 5.69 Å². The van der Waals surface area contributed by atoms with E-state index in [1.807, 2.05) is 19.9 Å². The molecule has 1 fully saturated rings. The maximum atomic E-state index is 12.8. The van der Waals surface area contributed by atoms with E-state index in [4.69, 9.17) is 17.0 Å². The van der Waals surface area contributed by atoms with E-state index in [-0.39, 0.29) is 16.8 Å². The predicted octanol–water partition coefficient (Wildman–Crippen LogP) is 3.31. The number of nitrogens with zero attached hydrogens (tertiary/aromatic N) is 1. The summed E-state index contributed by atoms with van der Waals surface area (Å²) in [6, 6.07) is 16.2. The van der Waals surface area contributed by atoms with Gasteiger partial charge in [0.25, 0.3) is 11.8 Å². The summed E-state index contributed by atoms with van der Waals surface area (Å²) in [5.41, 5.74) is 1.36. The van der Waals surface area contributed by atoms with Gasteiger partial charge < -0.3 is 4.74 Å². The molecule has 0 aromatic heterocycles. The van der Waals surface area contributed by atoms with Crippen molar-refractivity contribution >= 4 is 40.9 Å². The molecule has 2 aromatic rings. The van der Waals surface area contributed by atoms with Crippen molar-refractivity contribution in [1.29, 1.82) is 0 Å². The van der Waals surface area contributed by atoms with Gasteiger partial charge in [-0.2, -0.15) is 0 Å². The highest BCUT2D eigenvalue weighted by Gasteiger charge is 2.34. The third-order valence-electron chi connectivity index (χ3n) is 3.68. The van der Waals surface area contributed by atoms with Crippen molar-refractivity contribution in [1.82, 2.24) is 5.32 Å². The third kappa shape index (κ3) is 3.81. The summed E-state index contributed by atoms with van der Waals surface area (Å²) in [5.74, 6) is -0.226. The summed E-state index contributed by atoms with van der Waals surface area (Å²) >= 11 is 5.17. The summed E-state index contributed by atoms with van der Waals surface area (Å²) < 4.78 is 5.60. The van der Waals surface area contributed by atoms with Gasteiger partial charge >= 0.3 is 0 Å². The van der Waals surface area contributed by atoms with Crippen LogP contribution in [0.25, 0.3) is 6.08 Å². The summed E-state index contributed by atoms with van der Waals surface area (Å²) in [6.45, 7) is 3.89. The number of thiocarbonyl (C=S) groups is 1. The Balaban J connectivity index is 1.90. The number of nitrogens with one attached hydrogen (secondary N) is 1. The van der Waals surface area contributed by atoms with E-state index in [1.165, 1.54) is 4.90 Å². The van der Waals surface area contributed by atoms with E-state index in [9.17, 15) is 9.59 Å². The first kappa shape index (κ1) is 17.8. The molecule has 2 amide bonds. The zero-order valence-electron chi connectivity index (χ0n) is 14.4. The van der Waals surface area contributed by atoms with Crippen LogP contribution in [0.2, 0.25) is 0 Å². The molecule has 0 spiro atoms. The lowest BCUT2D eigenvalue weighted by molar-refractivity contribution is -0.122. The first-order valence-electron chi connectivity index (χ1n) is 8.19. The van der Waals surface area contributed by atoms with Crippen molar-refractivity contribution in [3.05, 3.63) is 65.7 Å². The molecule has 0 radical (unpaired) electrons. The minimum absolute atomic E-state index is 0.0278. The Morgan fingerprint density at radius 1 is 1.04 bits per heavy atom. The number of rotatable bonds is 4. The Hall–Kier alpha value is -2.99. The second-order valence-electron chi connectivity index (χ2n) is 6.03. The molecule has 0 atom stereocenters. The lowest BCUT2D eigenvalue weighted by atomic mass is 10.1. The first-order valence-corrected chi connectivity index (χ1v) is 8.60. The van der Waals surface area contributed by atoms with Gasteiger partial charge in [-0.05, 0) is 62.0 Å². The number of amides is 2. The van der Waals surface area contributed by atoms with Crippen molar-refractivity contribution in [2.75, 3.05) is 4.90 Å². The maximum Gasteiger partial charge on any atom is 0.270 e. The molecule has 1 N–H and O–H groups in total. The lowest BCUT2D eigenvalue weighted by Gasteiger charge is -2.28. The van der Waals surface area contributed by atoms with Crippen LogP contribution in [0.1, 0.15) is 19.4 Å². The van der Waals surface area contributed by atoms with Crippen molar-refractivity contribution in [2.24, 2.45) is 0 Å². The van der Waals surface area contributed by atoms with Crippen LogP contribution in [0.5, 0.6) is 5.75 Å². The molecule has 0 unspecified atom stereocenters. The molecule has 1 aliphatic heterocycles. The average molecular weight is 366 g/mol. The number of anilines is 1. The molecule has 132 valence electrons. The van der Waals surface area contributed by atoms with Gasteiger partial charge in [-0.3, -0.25) is 19.8 Å². The van der Waals surface area contributed by atoms with Gasteiger partial charge in [-0.15, -0.1) is 0 Å². The van der Waals surface area contributed by atoms with Gasteiger partial charge in [-0.25, -0.2) is 0 Å². The van der Waals surface area contributed by atoms with E-state index in [0.717, 1.165) is 11.3 Å². The Morgan fingerprint density at radius 3 is 2.31 bits per heavy atom. The van der Waals surface area contributed by atoms with Crippen LogP contribution in [0.15, 0.2) is 60.2 Å². The van der Waals surface area contributed by atoms with E-state index in [2.05, 4.69) is 5.32 Å². The third-order valence-corrected chi connectivity index (χ3v) is 3.96. The monoisotopic (exact) mass is 366 g/mol. The van der Waals surface area contributed by atoms with Crippen LogP contribution in [-0.4, -0.2) is 23.0 Å². The van der Waals surface area contributed by atoms with Crippen LogP contribution in [0, 0.1) is 0 Å². The molecule has 0 bridgehead atoms. The zero-order chi connectivity index (χ0) is 18.7. The SMILES string of the molecule is CC(C)Oc1ccc(/C=C2/C(=O)NC(=S)N(c3ccccc3)C2=O)cc1. The van der Waals surface area contributed by atoms with Gasteiger partial charge in [0.15, 0.2) is 5.11 Å². The molecule has 2 aromatic carbocycles. The van der Waals surface area contributed by atoms with Crippen LogP contribution >= 0.6 is 12.2 Å². The predicted molar refractivity (Wildman–Crippen MR) is 105 cm³/mol. The standard InChI is InChI=1S/C20H18N2O3S/c1-13(2)25-16-10-8-14(9-11-16)12-17-18(23)21-20(26)22(19(17)24)15-6-4-3-5-7-15/h3-13H,1-2H3,(H,21,23,26)/b17-12-. The number of hydrogen-bond donors (Lipinski definition) is 1. The Bertz CT molecular complexity index is 874. The average Bonchev–Trinajstić information content (AvgIpc) is 2.60. The highest BCUT2D eigenvalue weighted by atomic mass is 32.1. The Kier molecular flexibility index (Phi) is 5.14. The highest BCUT2D eigenvalue weighted by Crippen LogP contribution is 2.22. The summed E-state index contributed by atoms with van der Waals surface area (Å²) in [6.07, 6.45) is 1.62. The zero-order valence-corrected chi connectivity index (χ0v) is 15.2. The van der Waals surface area contributed by atoms with Crippen LogP contribution < -0.4 is 15.0 Å². The highest BCUT2D eigenvalue weighted by molar-refractivity contribution is 7.80. The number of carbonyl (C=O) groups excluding carboxylic acids is 2. The normalized spacial score (nSPS) is 16.2. The maximum absolute atomic E-state index is 12.8. The topological polar surface area (TPSA) is 58.6 Å². The number of hydrogen-bond acceptors (Lipinski definition) is 4. The van der Waals surface area contributed by atoms with Crippen LogP contribution in [0.3, 0.4) is 0 Å². The van der Waals surface area contributed by atoms with Gasteiger partial charge in [0.1, 0.15) is 11.3 Å². The van der Waals surface area contributed by atoms with E-state index < -0.39 is 11.8 Å². The largest absolute Gasteiger partial charge is 0.491 e. The Morgan fingerprint density at radius 2 is 1.69 bits per heavy atom. The molecule has 6 heteroatoms. The first-order chi connectivity index (χ1) is 12.5. The van der Waals surface area contributed by atoms with Gasteiger partial charge in [0.2, 0.25) is 0 Å². The minimum Gasteiger partial charge on any atom is -0.491 e. The lowest BCUT2D eigenvalue weighted by Crippen LogP contribution is -2.54. The van der Waals surface area contributed by atoms with Crippen LogP contribution in [-0.2, 0) is 9.59 Å². The van der Waals surface area contributed by atoms with Crippen molar-refractivity contribution in [2.45, 2.75) is 20.0 Å². The molecule has 1 saturated heterocycles. The quantitative estimate of drug-likeness (QED) is 0.512. The molecule has 1 aliphatic rings. The fraction of sp³-hybridized carbons (Fsp3) is 0.150. The Labute approximate surface area is 157 Å². The molecule has 0 saturated carbocycles. The number of benzene rings is 2. The molecule has 3 rings (SSSR count). The van der Waals surface area contributed by atoms with Crippen LogP contribution in [0.4, 0.5) is 5.69 Å².